The van der Waals surface area contributed by atoms with Crippen LogP contribution in [-0.2, 0) is 11.8 Å². The minimum atomic E-state index is -0.920. The van der Waals surface area contributed by atoms with Crippen LogP contribution in [0, 0.1) is 12.8 Å². The van der Waals surface area contributed by atoms with Gasteiger partial charge in [-0.25, -0.2) is 0 Å². The number of aromatic nitrogens is 2. The number of carboxylic acids is 1. The first-order valence-corrected chi connectivity index (χ1v) is 6.66. The second-order valence-corrected chi connectivity index (χ2v) is 5.52. The van der Waals surface area contributed by atoms with Crippen molar-refractivity contribution in [3.63, 3.8) is 0 Å². The Bertz CT molecular complexity index is 609. The third-order valence-electron chi connectivity index (χ3n) is 2.91. The largest absolute Gasteiger partial charge is 0.481 e. The monoisotopic (exact) mass is 281 g/mol. The van der Waals surface area contributed by atoms with Crippen LogP contribution in [0.2, 0.25) is 0 Å². The normalized spacial score (nSPS) is 12.6. The fourth-order valence-electron chi connectivity index (χ4n) is 1.74. The van der Waals surface area contributed by atoms with Crippen LogP contribution in [0.15, 0.2) is 6.07 Å². The molecule has 0 aliphatic heterocycles. The third kappa shape index (κ3) is 2.60. The summed E-state index contributed by atoms with van der Waals surface area (Å²) in [6, 6.07) is 1.79. The van der Waals surface area contributed by atoms with Gasteiger partial charge in [-0.1, -0.05) is 6.92 Å². The molecular weight excluding hydrogens is 266 g/mol. The van der Waals surface area contributed by atoms with Crippen molar-refractivity contribution in [2.75, 3.05) is 6.54 Å². The van der Waals surface area contributed by atoms with Gasteiger partial charge in [-0.2, -0.15) is 5.10 Å². The van der Waals surface area contributed by atoms with Gasteiger partial charge in [0.1, 0.15) is 4.83 Å². The highest BCUT2D eigenvalue weighted by molar-refractivity contribution is 7.20. The molecule has 19 heavy (non-hydrogen) atoms. The molecule has 0 saturated carbocycles. The van der Waals surface area contributed by atoms with E-state index in [1.54, 1.807) is 17.7 Å². The molecule has 2 heterocycles. The molecule has 1 amide bonds. The lowest BCUT2D eigenvalue weighted by molar-refractivity contribution is -0.140. The number of carboxylic acid groups (broad SMARTS) is 1. The summed E-state index contributed by atoms with van der Waals surface area (Å²) >= 11 is 1.35. The van der Waals surface area contributed by atoms with Gasteiger partial charge in [-0.05, 0) is 13.0 Å². The standard InChI is InChI=1S/C12H15N3O3S/c1-6(12(17)18)5-13-10(16)9-4-8-7(2)14-15(3)11(8)19-9/h4,6H,5H2,1-3H3,(H,13,16)(H,17,18). The molecule has 0 saturated heterocycles. The Kier molecular flexibility index (Phi) is 3.57. The second kappa shape index (κ2) is 5.00. The molecule has 1 unspecified atom stereocenters. The van der Waals surface area contributed by atoms with E-state index in [0.717, 1.165) is 15.9 Å². The lowest BCUT2D eigenvalue weighted by Gasteiger charge is -2.06. The lowest BCUT2D eigenvalue weighted by atomic mass is 10.2. The van der Waals surface area contributed by atoms with Crippen LogP contribution in [-0.4, -0.2) is 33.3 Å². The molecular formula is C12H15N3O3S. The number of hydrogen-bond donors (Lipinski definition) is 2. The van der Waals surface area contributed by atoms with Gasteiger partial charge in [0.15, 0.2) is 0 Å². The summed E-state index contributed by atoms with van der Waals surface area (Å²) < 4.78 is 1.74. The van der Waals surface area contributed by atoms with Crippen molar-refractivity contribution in [2.45, 2.75) is 13.8 Å². The van der Waals surface area contributed by atoms with E-state index in [4.69, 9.17) is 5.11 Å². The number of aryl methyl sites for hydroxylation is 2. The Morgan fingerprint density at radius 3 is 2.84 bits per heavy atom. The number of thiophene rings is 1. The molecule has 2 aromatic rings. The smallest absolute Gasteiger partial charge is 0.308 e. The fourth-order valence-corrected chi connectivity index (χ4v) is 2.78. The number of aliphatic carboxylic acids is 1. The lowest BCUT2D eigenvalue weighted by Crippen LogP contribution is -2.30. The number of rotatable bonds is 4. The molecule has 2 aromatic heterocycles. The zero-order valence-electron chi connectivity index (χ0n) is 10.9. The van der Waals surface area contributed by atoms with Crippen LogP contribution in [0.1, 0.15) is 22.3 Å². The zero-order valence-corrected chi connectivity index (χ0v) is 11.7. The Morgan fingerprint density at radius 1 is 1.58 bits per heavy atom. The maximum absolute atomic E-state index is 11.9. The number of nitrogens with zero attached hydrogens (tertiary/aromatic N) is 2. The summed E-state index contributed by atoms with van der Waals surface area (Å²) in [5.74, 6) is -1.76. The molecule has 1 atom stereocenters. The third-order valence-corrected chi connectivity index (χ3v) is 4.11. The maximum Gasteiger partial charge on any atom is 0.308 e. The predicted molar refractivity (Wildman–Crippen MR) is 72.5 cm³/mol. The fraction of sp³-hybridized carbons (Fsp3) is 0.417. The molecule has 2 rings (SSSR count). The summed E-state index contributed by atoms with van der Waals surface area (Å²) in [6.07, 6.45) is 0. The van der Waals surface area contributed by atoms with Crippen LogP contribution >= 0.6 is 11.3 Å². The zero-order chi connectivity index (χ0) is 14.2. The SMILES string of the molecule is Cc1nn(C)c2sc(C(=O)NCC(C)C(=O)O)cc12. The molecule has 2 N–H and O–H groups in total. The summed E-state index contributed by atoms with van der Waals surface area (Å²) in [5.41, 5.74) is 0.881. The van der Waals surface area contributed by atoms with E-state index < -0.39 is 11.9 Å². The Morgan fingerprint density at radius 2 is 2.26 bits per heavy atom. The van der Waals surface area contributed by atoms with E-state index in [0.29, 0.717) is 4.88 Å². The van der Waals surface area contributed by atoms with E-state index in [2.05, 4.69) is 10.4 Å². The van der Waals surface area contributed by atoms with Crippen molar-refractivity contribution >= 4 is 33.4 Å². The number of carbonyl (C=O) groups excluding carboxylic acids is 1. The molecule has 0 bridgehead atoms. The molecule has 7 heteroatoms. The molecule has 0 aliphatic rings. The highest BCUT2D eigenvalue weighted by Crippen LogP contribution is 2.27. The average molecular weight is 281 g/mol. The van der Waals surface area contributed by atoms with E-state index in [-0.39, 0.29) is 12.5 Å². The quantitative estimate of drug-likeness (QED) is 0.887. The van der Waals surface area contributed by atoms with E-state index in [1.807, 2.05) is 14.0 Å². The summed E-state index contributed by atoms with van der Waals surface area (Å²) in [4.78, 5) is 24.1. The molecule has 0 spiro atoms. The number of amides is 1. The molecule has 0 aromatic carbocycles. The summed E-state index contributed by atoms with van der Waals surface area (Å²) in [5, 5.41) is 16.6. The predicted octanol–water partition coefficient (Wildman–Crippen LogP) is 1.39. The molecule has 0 aliphatic carbocycles. The van der Waals surface area contributed by atoms with Crippen LogP contribution in [0.3, 0.4) is 0 Å². The summed E-state index contributed by atoms with van der Waals surface area (Å²) in [6.45, 7) is 3.57. The molecule has 0 radical (unpaired) electrons. The Balaban J connectivity index is 2.13. The van der Waals surface area contributed by atoms with Gasteiger partial charge in [-0.15, -0.1) is 11.3 Å². The van der Waals surface area contributed by atoms with Gasteiger partial charge in [0.05, 0.1) is 16.5 Å². The van der Waals surface area contributed by atoms with E-state index >= 15 is 0 Å². The molecule has 102 valence electrons. The van der Waals surface area contributed by atoms with Crippen LogP contribution in [0.4, 0.5) is 0 Å². The van der Waals surface area contributed by atoms with Gasteiger partial charge < -0.3 is 10.4 Å². The van der Waals surface area contributed by atoms with E-state index in [1.165, 1.54) is 11.3 Å². The van der Waals surface area contributed by atoms with E-state index in [9.17, 15) is 9.59 Å². The van der Waals surface area contributed by atoms with Crippen molar-refractivity contribution < 1.29 is 14.7 Å². The van der Waals surface area contributed by atoms with Crippen molar-refractivity contribution in [2.24, 2.45) is 13.0 Å². The van der Waals surface area contributed by atoms with Crippen molar-refractivity contribution in [1.82, 2.24) is 15.1 Å². The van der Waals surface area contributed by atoms with Gasteiger partial charge in [0, 0.05) is 19.0 Å². The van der Waals surface area contributed by atoms with Crippen molar-refractivity contribution in [3.8, 4) is 0 Å². The van der Waals surface area contributed by atoms with Gasteiger partial charge in [-0.3, -0.25) is 14.3 Å². The first-order valence-electron chi connectivity index (χ1n) is 5.84. The first kappa shape index (κ1) is 13.5. The van der Waals surface area contributed by atoms with Gasteiger partial charge in [0.25, 0.3) is 5.91 Å². The van der Waals surface area contributed by atoms with Crippen LogP contribution in [0.25, 0.3) is 10.2 Å². The highest BCUT2D eigenvalue weighted by Gasteiger charge is 2.17. The number of nitrogens with one attached hydrogen (secondary N) is 1. The van der Waals surface area contributed by atoms with Crippen LogP contribution < -0.4 is 5.32 Å². The van der Waals surface area contributed by atoms with Crippen LogP contribution in [0.5, 0.6) is 0 Å². The topological polar surface area (TPSA) is 84.2 Å². The minimum Gasteiger partial charge on any atom is -0.481 e. The molecule has 6 nitrogen and oxygen atoms in total. The molecule has 0 fully saturated rings. The Hall–Kier alpha value is -1.89. The first-order chi connectivity index (χ1) is 8.90. The average Bonchev–Trinajstić information content (AvgIpc) is 2.89. The summed E-state index contributed by atoms with van der Waals surface area (Å²) in [7, 11) is 1.83. The maximum atomic E-state index is 11.9. The minimum absolute atomic E-state index is 0.125. The van der Waals surface area contributed by atoms with Crippen molar-refractivity contribution in [3.05, 3.63) is 16.6 Å². The van der Waals surface area contributed by atoms with Crippen molar-refractivity contribution in [1.29, 1.82) is 0 Å². The van der Waals surface area contributed by atoms with Gasteiger partial charge >= 0.3 is 5.97 Å². The highest BCUT2D eigenvalue weighted by atomic mass is 32.1. The number of fused-ring (bicyclic) bond motifs is 1. The number of carbonyl (C=O) groups is 2. The Labute approximate surface area is 114 Å². The number of hydrogen-bond acceptors (Lipinski definition) is 4. The van der Waals surface area contributed by atoms with Gasteiger partial charge in [0.2, 0.25) is 0 Å². The second-order valence-electron chi connectivity index (χ2n) is 4.49.